The molecule has 0 fully saturated rings. The number of nitrogens with zero attached hydrogens (tertiary/aromatic N) is 2. The van der Waals surface area contributed by atoms with Crippen molar-refractivity contribution in [2.45, 2.75) is 32.5 Å². The molecule has 0 spiro atoms. The number of hydrogen-bond acceptors (Lipinski definition) is 9. The molecule has 0 saturated carbocycles. The second-order valence-electron chi connectivity index (χ2n) is 9.47. The molecule has 1 unspecified atom stereocenters. The molecule has 5 aromatic heterocycles. The number of aromatic nitrogens is 2. The number of benzene rings is 1. The fraction of sp³-hybridized carbons (Fsp3) is 0.185. The third kappa shape index (κ3) is 2.95. The first-order valence-corrected chi connectivity index (χ1v) is 15.7. The highest BCUT2D eigenvalue weighted by Gasteiger charge is 2.36. The van der Waals surface area contributed by atoms with E-state index in [9.17, 15) is 0 Å². The number of thiophene rings is 4. The maximum Gasteiger partial charge on any atom is 0.140 e. The second-order valence-corrected chi connectivity index (χ2v) is 13.9. The molecule has 9 heteroatoms. The zero-order valence-corrected chi connectivity index (χ0v) is 23.5. The summed E-state index contributed by atoms with van der Waals surface area (Å²) in [6, 6.07) is 13.2. The highest BCUT2D eigenvalue weighted by molar-refractivity contribution is 7.24. The van der Waals surface area contributed by atoms with Crippen molar-refractivity contribution in [1.29, 1.82) is 0 Å². The fourth-order valence-electron chi connectivity index (χ4n) is 5.10. The Balaban J connectivity index is 1.28. The van der Waals surface area contributed by atoms with Gasteiger partial charge in [-0.05, 0) is 55.8 Å². The van der Waals surface area contributed by atoms with E-state index in [-0.39, 0.29) is 11.7 Å². The van der Waals surface area contributed by atoms with Gasteiger partial charge in [0.25, 0.3) is 0 Å². The molecule has 178 valence electrons. The van der Waals surface area contributed by atoms with Crippen molar-refractivity contribution in [3.05, 3.63) is 58.3 Å². The first-order chi connectivity index (χ1) is 17.5. The summed E-state index contributed by atoms with van der Waals surface area (Å²) in [4.78, 5) is 7.48. The first kappa shape index (κ1) is 21.5. The largest absolute Gasteiger partial charge is 0.484 e. The molecule has 2 aliphatic heterocycles. The van der Waals surface area contributed by atoms with Crippen molar-refractivity contribution < 1.29 is 9.47 Å². The minimum atomic E-state index is -0.368. The third-order valence-electron chi connectivity index (χ3n) is 6.87. The third-order valence-corrected chi connectivity index (χ3v) is 11.9. The Morgan fingerprint density at radius 2 is 1.42 bits per heavy atom. The molecular formula is C27H18N2O2S5. The van der Waals surface area contributed by atoms with Crippen LogP contribution >= 0.6 is 57.1 Å². The number of fused-ring (bicyclic) bond motifs is 7. The number of rotatable bonds is 2. The Labute approximate surface area is 227 Å². The average molecular weight is 563 g/mol. The van der Waals surface area contributed by atoms with E-state index in [1.165, 1.54) is 52.1 Å². The topological polar surface area (TPSA) is 44.2 Å². The molecule has 0 amide bonds. The highest BCUT2D eigenvalue weighted by Crippen LogP contribution is 2.55. The van der Waals surface area contributed by atoms with Gasteiger partial charge in [0, 0.05) is 32.0 Å². The molecule has 0 N–H and O–H groups in total. The van der Waals surface area contributed by atoms with Gasteiger partial charge in [-0.3, -0.25) is 0 Å². The van der Waals surface area contributed by atoms with Crippen LogP contribution < -0.4 is 9.47 Å². The van der Waals surface area contributed by atoms with E-state index in [2.05, 4.69) is 67.9 Å². The van der Waals surface area contributed by atoms with E-state index in [4.69, 9.17) is 18.2 Å². The zero-order chi connectivity index (χ0) is 24.2. The van der Waals surface area contributed by atoms with Crippen LogP contribution in [0.5, 0.6) is 11.5 Å². The summed E-state index contributed by atoms with van der Waals surface area (Å²) < 4.78 is 22.0. The standard InChI is InChI=1S/C27H18N2O2S5/c1-12-15-10-19(34-23(15)25-17(30-12)6-8-32-25)13-4-5-14(22-21(13)28-36-29-22)20-11-16-24(35-20)26-18(7-9-33-26)31-27(16,2)3/h4-12H,1-3H3. The monoisotopic (exact) mass is 562 g/mol. The molecule has 6 aromatic rings. The molecule has 1 aromatic carbocycles. The van der Waals surface area contributed by atoms with Gasteiger partial charge < -0.3 is 9.47 Å². The first-order valence-electron chi connectivity index (χ1n) is 11.5. The minimum Gasteiger partial charge on any atom is -0.484 e. The lowest BCUT2D eigenvalue weighted by atomic mass is 9.94. The van der Waals surface area contributed by atoms with E-state index in [0.717, 1.165) is 33.7 Å². The lowest BCUT2D eigenvalue weighted by Crippen LogP contribution is -2.27. The molecule has 8 rings (SSSR count). The molecule has 0 aliphatic carbocycles. The summed E-state index contributed by atoms with van der Waals surface area (Å²) in [6.45, 7) is 6.42. The van der Waals surface area contributed by atoms with Crippen LogP contribution in [0.3, 0.4) is 0 Å². The van der Waals surface area contributed by atoms with Gasteiger partial charge in [0.2, 0.25) is 0 Å². The minimum absolute atomic E-state index is 0.0422. The summed E-state index contributed by atoms with van der Waals surface area (Å²) in [5.41, 5.74) is 6.33. The molecular weight excluding hydrogens is 545 g/mol. The molecule has 1 atom stereocenters. The van der Waals surface area contributed by atoms with Crippen LogP contribution in [0.2, 0.25) is 0 Å². The van der Waals surface area contributed by atoms with Gasteiger partial charge in [-0.15, -0.1) is 45.3 Å². The van der Waals surface area contributed by atoms with Crippen LogP contribution in [0.15, 0.2) is 47.2 Å². The number of ether oxygens (including phenoxy) is 2. The van der Waals surface area contributed by atoms with Gasteiger partial charge in [0.05, 0.1) is 31.2 Å². The molecule has 2 aliphatic rings. The molecule has 7 heterocycles. The Morgan fingerprint density at radius 3 is 2.17 bits per heavy atom. The van der Waals surface area contributed by atoms with Crippen LogP contribution in [-0.4, -0.2) is 8.75 Å². The normalized spacial score (nSPS) is 17.1. The maximum absolute atomic E-state index is 6.34. The molecule has 4 nitrogen and oxygen atoms in total. The van der Waals surface area contributed by atoms with Gasteiger partial charge in [-0.2, -0.15) is 8.75 Å². The summed E-state index contributed by atoms with van der Waals surface area (Å²) in [5.74, 6) is 1.97. The second kappa shape index (κ2) is 7.49. The Bertz CT molecular complexity index is 1810. The van der Waals surface area contributed by atoms with Gasteiger partial charge in [0.1, 0.15) is 34.2 Å². The van der Waals surface area contributed by atoms with Crippen LogP contribution in [0, 0.1) is 0 Å². The summed E-state index contributed by atoms with van der Waals surface area (Å²) >= 11 is 8.43. The lowest BCUT2D eigenvalue weighted by molar-refractivity contribution is 0.107. The van der Waals surface area contributed by atoms with Gasteiger partial charge >= 0.3 is 0 Å². The van der Waals surface area contributed by atoms with Crippen molar-refractivity contribution in [3.8, 4) is 51.9 Å². The predicted octanol–water partition coefficient (Wildman–Crippen LogP) is 9.69. The van der Waals surface area contributed by atoms with Crippen LogP contribution in [0.4, 0.5) is 0 Å². The van der Waals surface area contributed by atoms with Gasteiger partial charge in [-0.1, -0.05) is 12.1 Å². The zero-order valence-electron chi connectivity index (χ0n) is 19.4. The van der Waals surface area contributed by atoms with E-state index >= 15 is 0 Å². The smallest absolute Gasteiger partial charge is 0.140 e. The maximum atomic E-state index is 6.34. The van der Waals surface area contributed by atoms with E-state index in [1.54, 1.807) is 22.7 Å². The Morgan fingerprint density at radius 1 is 0.778 bits per heavy atom. The van der Waals surface area contributed by atoms with Crippen LogP contribution in [0.1, 0.15) is 38.0 Å². The number of hydrogen-bond donors (Lipinski definition) is 0. The van der Waals surface area contributed by atoms with Crippen molar-refractivity contribution in [1.82, 2.24) is 8.75 Å². The lowest BCUT2D eigenvalue weighted by Gasteiger charge is -2.31. The Hall–Kier alpha value is -2.56. The van der Waals surface area contributed by atoms with Crippen LogP contribution in [0.25, 0.3) is 51.4 Å². The van der Waals surface area contributed by atoms with Crippen LogP contribution in [-0.2, 0) is 5.60 Å². The fourth-order valence-corrected chi connectivity index (χ4v) is 10.3. The van der Waals surface area contributed by atoms with E-state index < -0.39 is 0 Å². The van der Waals surface area contributed by atoms with Crippen molar-refractivity contribution in [2.75, 3.05) is 0 Å². The summed E-state index contributed by atoms with van der Waals surface area (Å²) in [7, 11) is 0. The van der Waals surface area contributed by atoms with E-state index in [1.807, 2.05) is 22.7 Å². The molecule has 0 saturated heterocycles. The summed E-state index contributed by atoms with van der Waals surface area (Å²) in [6.07, 6.45) is 0.0422. The Kier molecular flexibility index (Phi) is 4.48. The molecule has 0 radical (unpaired) electrons. The quantitative estimate of drug-likeness (QED) is 0.211. The SMILES string of the molecule is CC1Oc2ccsc2-c2sc(-c3ccc(-c4cc5c(s4)-c4sccc4OC5(C)C)c4nsnc34)cc21. The molecule has 36 heavy (non-hydrogen) atoms. The highest BCUT2D eigenvalue weighted by atomic mass is 32.1. The van der Waals surface area contributed by atoms with Crippen molar-refractivity contribution in [2.24, 2.45) is 0 Å². The summed E-state index contributed by atoms with van der Waals surface area (Å²) in [5, 5.41) is 4.22. The van der Waals surface area contributed by atoms with Crippen molar-refractivity contribution in [3.63, 3.8) is 0 Å². The van der Waals surface area contributed by atoms with E-state index in [0.29, 0.717) is 0 Å². The predicted molar refractivity (Wildman–Crippen MR) is 153 cm³/mol. The van der Waals surface area contributed by atoms with Gasteiger partial charge in [-0.25, -0.2) is 0 Å². The molecule has 0 bridgehead atoms. The average Bonchev–Trinajstić information content (AvgIpc) is 3.66. The van der Waals surface area contributed by atoms with Crippen molar-refractivity contribution >= 4 is 68.1 Å². The van der Waals surface area contributed by atoms with Gasteiger partial charge in [0.15, 0.2) is 0 Å².